The van der Waals surface area contributed by atoms with E-state index in [0.29, 0.717) is 9.79 Å². The van der Waals surface area contributed by atoms with Crippen molar-refractivity contribution in [1.29, 1.82) is 0 Å². The normalized spacial score (nSPS) is 12.6. The maximum absolute atomic E-state index is 13.8. The molecule has 2 nitrogen and oxygen atoms in total. The Hall–Kier alpha value is -1.61. The van der Waals surface area contributed by atoms with E-state index in [1.807, 2.05) is 24.3 Å². The molecule has 0 bridgehead atoms. The molecule has 27 heavy (non-hydrogen) atoms. The SMILES string of the molecule is CC(C)c1ccc(C(C)C)c(S(=O)(=O)c2cc(C(C)C)ccc2C(C)C)c1. The molecule has 0 fully saturated rings. The van der Waals surface area contributed by atoms with E-state index in [1.165, 1.54) is 0 Å². The first kappa shape index (κ1) is 21.7. The molecule has 0 saturated heterocycles. The van der Waals surface area contributed by atoms with Gasteiger partial charge in [-0.15, -0.1) is 0 Å². The van der Waals surface area contributed by atoms with Crippen LogP contribution in [-0.4, -0.2) is 8.42 Å². The van der Waals surface area contributed by atoms with E-state index >= 15 is 0 Å². The van der Waals surface area contributed by atoms with E-state index in [0.717, 1.165) is 22.3 Å². The van der Waals surface area contributed by atoms with Gasteiger partial charge in [0.2, 0.25) is 9.84 Å². The minimum atomic E-state index is -3.60. The summed E-state index contributed by atoms with van der Waals surface area (Å²) in [5.41, 5.74) is 3.90. The molecule has 3 heteroatoms. The third-order valence-electron chi connectivity index (χ3n) is 5.23. The lowest BCUT2D eigenvalue weighted by molar-refractivity contribution is 0.590. The zero-order valence-electron chi connectivity index (χ0n) is 18.0. The van der Waals surface area contributed by atoms with Crippen LogP contribution in [0.15, 0.2) is 46.2 Å². The molecule has 2 rings (SSSR count). The van der Waals surface area contributed by atoms with Crippen molar-refractivity contribution in [2.45, 2.75) is 88.9 Å². The van der Waals surface area contributed by atoms with Gasteiger partial charge in [-0.3, -0.25) is 0 Å². The van der Waals surface area contributed by atoms with Crippen LogP contribution in [0.25, 0.3) is 0 Å². The molecule has 0 aromatic heterocycles. The highest BCUT2D eigenvalue weighted by atomic mass is 32.2. The summed E-state index contributed by atoms with van der Waals surface area (Å²) < 4.78 is 27.7. The summed E-state index contributed by atoms with van der Waals surface area (Å²) in [6.45, 7) is 16.6. The smallest absolute Gasteiger partial charge is 0.207 e. The fourth-order valence-electron chi connectivity index (χ4n) is 3.36. The molecule has 0 aliphatic rings. The van der Waals surface area contributed by atoms with E-state index in [-0.39, 0.29) is 23.7 Å². The molecule has 0 atom stereocenters. The highest BCUT2D eigenvalue weighted by Crippen LogP contribution is 2.36. The van der Waals surface area contributed by atoms with Crippen LogP contribution in [0.2, 0.25) is 0 Å². The molecule has 0 aliphatic heterocycles. The third-order valence-corrected chi connectivity index (χ3v) is 7.10. The fourth-order valence-corrected chi connectivity index (χ4v) is 5.41. The number of hydrogen-bond donors (Lipinski definition) is 0. The Morgan fingerprint density at radius 2 is 0.889 bits per heavy atom. The average molecular weight is 387 g/mol. The lowest BCUT2D eigenvalue weighted by atomic mass is 9.97. The van der Waals surface area contributed by atoms with Gasteiger partial charge in [-0.1, -0.05) is 79.7 Å². The van der Waals surface area contributed by atoms with Crippen LogP contribution in [0.1, 0.15) is 101 Å². The van der Waals surface area contributed by atoms with Crippen LogP contribution in [0.4, 0.5) is 0 Å². The zero-order chi connectivity index (χ0) is 20.5. The lowest BCUT2D eigenvalue weighted by Gasteiger charge is -2.20. The van der Waals surface area contributed by atoms with Gasteiger partial charge < -0.3 is 0 Å². The Bertz CT molecular complexity index is 834. The molecule has 0 heterocycles. The van der Waals surface area contributed by atoms with Crippen molar-refractivity contribution in [2.24, 2.45) is 0 Å². The highest BCUT2D eigenvalue weighted by Gasteiger charge is 2.27. The van der Waals surface area contributed by atoms with Crippen molar-refractivity contribution < 1.29 is 8.42 Å². The Morgan fingerprint density at radius 3 is 1.15 bits per heavy atom. The lowest BCUT2D eigenvalue weighted by Crippen LogP contribution is -2.12. The van der Waals surface area contributed by atoms with Crippen molar-refractivity contribution >= 4 is 9.84 Å². The Labute approximate surface area is 165 Å². The van der Waals surface area contributed by atoms with Gasteiger partial charge in [-0.2, -0.15) is 0 Å². The van der Waals surface area contributed by atoms with Gasteiger partial charge in [-0.25, -0.2) is 8.42 Å². The molecule has 0 radical (unpaired) electrons. The average Bonchev–Trinajstić information content (AvgIpc) is 2.60. The first-order valence-electron chi connectivity index (χ1n) is 9.99. The van der Waals surface area contributed by atoms with Crippen molar-refractivity contribution in [2.75, 3.05) is 0 Å². The van der Waals surface area contributed by atoms with Crippen LogP contribution in [0.5, 0.6) is 0 Å². The van der Waals surface area contributed by atoms with Gasteiger partial charge in [0, 0.05) is 0 Å². The van der Waals surface area contributed by atoms with Crippen LogP contribution in [0.3, 0.4) is 0 Å². The van der Waals surface area contributed by atoms with Gasteiger partial charge in [-0.05, 0) is 58.1 Å². The number of rotatable bonds is 6. The molecule has 0 N–H and O–H groups in total. The summed E-state index contributed by atoms with van der Waals surface area (Å²) in [7, 11) is -3.60. The second kappa shape index (κ2) is 8.18. The summed E-state index contributed by atoms with van der Waals surface area (Å²) in [4.78, 5) is 0.929. The minimum Gasteiger partial charge on any atom is -0.218 e. The largest absolute Gasteiger partial charge is 0.218 e. The molecular weight excluding hydrogens is 352 g/mol. The Morgan fingerprint density at radius 1 is 0.556 bits per heavy atom. The molecular formula is C24H34O2S. The van der Waals surface area contributed by atoms with Gasteiger partial charge in [0.05, 0.1) is 9.79 Å². The third kappa shape index (κ3) is 4.45. The Balaban J connectivity index is 2.83. The summed E-state index contributed by atoms with van der Waals surface area (Å²) in [5, 5.41) is 0. The first-order valence-corrected chi connectivity index (χ1v) is 11.5. The van der Waals surface area contributed by atoms with Gasteiger partial charge in [0.1, 0.15) is 0 Å². The van der Waals surface area contributed by atoms with Crippen LogP contribution in [0, 0.1) is 0 Å². The van der Waals surface area contributed by atoms with Gasteiger partial charge >= 0.3 is 0 Å². The molecule has 0 unspecified atom stereocenters. The van der Waals surface area contributed by atoms with Crippen molar-refractivity contribution in [3.05, 3.63) is 58.7 Å². The van der Waals surface area contributed by atoms with E-state index in [9.17, 15) is 8.42 Å². The highest BCUT2D eigenvalue weighted by molar-refractivity contribution is 7.91. The van der Waals surface area contributed by atoms with Gasteiger partial charge in [0.15, 0.2) is 0 Å². The fraction of sp³-hybridized carbons (Fsp3) is 0.500. The first-order chi connectivity index (χ1) is 12.5. The van der Waals surface area contributed by atoms with E-state index in [2.05, 4.69) is 67.5 Å². The molecule has 2 aromatic rings. The van der Waals surface area contributed by atoms with Crippen molar-refractivity contribution in [3.8, 4) is 0 Å². The van der Waals surface area contributed by atoms with E-state index < -0.39 is 9.84 Å². The number of hydrogen-bond acceptors (Lipinski definition) is 2. The monoisotopic (exact) mass is 386 g/mol. The molecule has 0 aliphatic carbocycles. The predicted molar refractivity (Wildman–Crippen MR) is 115 cm³/mol. The van der Waals surface area contributed by atoms with Gasteiger partial charge in [0.25, 0.3) is 0 Å². The predicted octanol–water partition coefficient (Wildman–Crippen LogP) is 7.01. The summed E-state index contributed by atoms with van der Waals surface area (Å²) in [6.07, 6.45) is 0. The zero-order valence-corrected chi connectivity index (χ0v) is 18.8. The topological polar surface area (TPSA) is 34.1 Å². The van der Waals surface area contributed by atoms with Crippen LogP contribution < -0.4 is 0 Å². The quantitative estimate of drug-likeness (QED) is 0.535. The molecule has 2 aromatic carbocycles. The van der Waals surface area contributed by atoms with Crippen LogP contribution >= 0.6 is 0 Å². The summed E-state index contributed by atoms with van der Waals surface area (Å²) in [6, 6.07) is 11.9. The summed E-state index contributed by atoms with van der Waals surface area (Å²) in [5.74, 6) is 0.858. The standard InChI is InChI=1S/C24H34O2S/c1-15(2)19-9-11-21(17(5)6)23(13-19)27(25,26)24-14-20(16(3)4)10-12-22(24)18(7)8/h9-18H,1-8H3. The maximum atomic E-state index is 13.8. The summed E-state index contributed by atoms with van der Waals surface area (Å²) >= 11 is 0. The number of benzene rings is 2. The second-order valence-corrected chi connectivity index (χ2v) is 10.6. The molecule has 0 saturated carbocycles. The molecule has 0 spiro atoms. The van der Waals surface area contributed by atoms with Crippen molar-refractivity contribution in [1.82, 2.24) is 0 Å². The molecule has 0 amide bonds. The van der Waals surface area contributed by atoms with Crippen molar-refractivity contribution in [3.63, 3.8) is 0 Å². The number of sulfone groups is 1. The molecule has 148 valence electrons. The van der Waals surface area contributed by atoms with E-state index in [4.69, 9.17) is 0 Å². The Kier molecular flexibility index (Phi) is 6.57. The maximum Gasteiger partial charge on any atom is 0.207 e. The second-order valence-electron chi connectivity index (χ2n) is 8.72. The van der Waals surface area contributed by atoms with Crippen LogP contribution in [-0.2, 0) is 9.84 Å². The minimum absolute atomic E-state index is 0.145. The van der Waals surface area contributed by atoms with E-state index in [1.54, 1.807) is 0 Å².